The summed E-state index contributed by atoms with van der Waals surface area (Å²) in [7, 11) is 0. The van der Waals surface area contributed by atoms with Gasteiger partial charge in [-0.3, -0.25) is 86.3 Å². The second kappa shape index (κ2) is 46.9. The Bertz CT molecular complexity index is 3840. The molecule has 0 aromatic heterocycles. The minimum absolute atomic E-state index is 0.617. The van der Waals surface area contributed by atoms with Gasteiger partial charge in [0.1, 0.15) is 55.4 Å². The van der Waals surface area contributed by atoms with Crippen LogP contribution >= 0.6 is 0 Å². The Hall–Kier alpha value is -10.1. The molecule has 0 saturated carbocycles. The molecule has 17 unspecified atom stereocenters. The Morgan fingerprint density at radius 1 is 0.208 bits per heavy atom. The Morgan fingerprint density at radius 3 is 0.672 bits per heavy atom. The van der Waals surface area contributed by atoms with Crippen molar-refractivity contribution in [2.45, 2.75) is 315 Å². The van der Waals surface area contributed by atoms with E-state index in [9.17, 15) is 91.4 Å². The first-order valence-corrected chi connectivity index (χ1v) is 38.7. The molecule has 125 heavy (non-hydrogen) atoms. The molecule has 0 aromatic rings. The lowest BCUT2D eigenvalue weighted by molar-refractivity contribution is -0.391. The monoisotopic (exact) mass is 1800 g/mol. The lowest BCUT2D eigenvalue weighted by Gasteiger charge is -2.51. The number of rotatable bonds is 34. The molecule has 31 atom stereocenters. The molecule has 7 saturated heterocycles. The molecule has 0 aromatic carbocycles. The summed E-state index contributed by atoms with van der Waals surface area (Å²) in [5, 5.41) is 11.5. The fourth-order valence-electron chi connectivity index (χ4n) is 14.2. The third kappa shape index (κ3) is 30.0. The summed E-state index contributed by atoms with van der Waals surface area (Å²) in [5.74, 6) is -19.8. The highest BCUT2D eigenvalue weighted by molar-refractivity contribution is 5.73. The van der Waals surface area contributed by atoms with Gasteiger partial charge in [0.05, 0.1) is 46.2 Å². The first-order chi connectivity index (χ1) is 58.7. The van der Waals surface area contributed by atoms with Crippen LogP contribution in [0.5, 0.6) is 0 Å². The molecule has 1 N–H and O–H groups in total. The second-order valence-corrected chi connectivity index (χ2v) is 28.8. The molecular weight excluding hydrogens is 1700 g/mol. The zero-order valence-electron chi connectivity index (χ0n) is 71.0. The number of carbonyl (C=O) groups excluding carboxylic acids is 18. The Kier molecular flexibility index (Phi) is 38.3. The van der Waals surface area contributed by atoms with Gasteiger partial charge in [-0.25, -0.2) is 0 Å². The number of hydrogen-bond donors (Lipinski definition) is 1. The van der Waals surface area contributed by atoms with E-state index >= 15 is 0 Å². The van der Waals surface area contributed by atoms with E-state index in [1.807, 2.05) is 0 Å². The second-order valence-electron chi connectivity index (χ2n) is 28.8. The fourth-order valence-corrected chi connectivity index (χ4v) is 14.2. The highest BCUT2D eigenvalue weighted by atomic mass is 16.8. The van der Waals surface area contributed by atoms with Gasteiger partial charge in [-0.05, 0) is 0 Å². The normalized spacial score (nSPS) is 34.3. The molecule has 0 aliphatic carbocycles. The quantitative estimate of drug-likeness (QED) is 0.0485. The molecule has 0 amide bonds. The van der Waals surface area contributed by atoms with Crippen LogP contribution in [0.1, 0.15) is 125 Å². The van der Waals surface area contributed by atoms with Crippen molar-refractivity contribution in [3.05, 3.63) is 0 Å². The molecule has 50 nitrogen and oxygen atoms in total. The molecule has 7 aliphatic heterocycles. The average molecular weight is 1800 g/mol. The van der Waals surface area contributed by atoms with Crippen LogP contribution in [0.15, 0.2) is 0 Å². The summed E-state index contributed by atoms with van der Waals surface area (Å²) in [6, 6.07) is 0. The smallest absolute Gasteiger partial charge is 0.303 e. The van der Waals surface area contributed by atoms with Crippen LogP contribution in [0.4, 0.5) is 0 Å². The van der Waals surface area contributed by atoms with E-state index in [-0.39, 0.29) is 0 Å². The summed E-state index contributed by atoms with van der Waals surface area (Å²) in [5.41, 5.74) is 0. The minimum atomic E-state index is -2.54. The number of aliphatic hydroxyl groups excluding tert-OH is 1. The van der Waals surface area contributed by atoms with E-state index in [1.54, 1.807) is 0 Å². The third-order valence-corrected chi connectivity index (χ3v) is 18.3. The summed E-state index contributed by atoms with van der Waals surface area (Å²) in [6.45, 7) is 9.59. The molecule has 50 heteroatoms. The Morgan fingerprint density at radius 2 is 0.416 bits per heavy atom. The molecule has 0 radical (unpaired) electrons. The van der Waals surface area contributed by atoms with Crippen molar-refractivity contribution in [1.29, 1.82) is 0 Å². The van der Waals surface area contributed by atoms with Gasteiger partial charge in [0, 0.05) is 125 Å². The van der Waals surface area contributed by atoms with E-state index in [0.29, 0.717) is 0 Å². The van der Waals surface area contributed by atoms with E-state index in [4.69, 9.17) is 147 Å². The van der Waals surface area contributed by atoms with Gasteiger partial charge in [0.2, 0.25) is 0 Å². The molecular formula is C75H102O50. The molecule has 7 rings (SSSR count). The van der Waals surface area contributed by atoms with Crippen LogP contribution in [-0.4, -0.2) is 356 Å². The molecule has 0 bridgehead atoms. The summed E-state index contributed by atoms with van der Waals surface area (Å²) in [6.07, 6.45) is -62.6. The van der Waals surface area contributed by atoms with Crippen molar-refractivity contribution in [1.82, 2.24) is 0 Å². The van der Waals surface area contributed by atoms with E-state index in [0.717, 1.165) is 125 Å². The van der Waals surface area contributed by atoms with Crippen LogP contribution in [0.2, 0.25) is 0 Å². The zero-order valence-corrected chi connectivity index (χ0v) is 71.0. The molecule has 7 fully saturated rings. The van der Waals surface area contributed by atoms with E-state index in [1.165, 1.54) is 0 Å². The Balaban J connectivity index is 1.49. The van der Waals surface area contributed by atoms with Gasteiger partial charge in [-0.1, -0.05) is 0 Å². The van der Waals surface area contributed by atoms with E-state index in [2.05, 4.69) is 0 Å². The maximum atomic E-state index is 14.2. The Labute approximate surface area is 711 Å². The van der Waals surface area contributed by atoms with Crippen molar-refractivity contribution in [3.63, 3.8) is 0 Å². The largest absolute Gasteiger partial charge is 0.463 e. The molecule has 0 spiro atoms. The summed E-state index contributed by atoms with van der Waals surface area (Å²) < 4.78 is 185. The average Bonchev–Trinajstić information content (AvgIpc) is 0.668. The lowest BCUT2D eigenvalue weighted by atomic mass is 9.94. The van der Waals surface area contributed by atoms with Crippen LogP contribution in [0, 0.1) is 0 Å². The standard InChI is InChI=1S/C75H102O50/c1-27(76)95-20-46-54(53(106-31(5)80)45(94)19-96-46)123-73-68(118-43(17)92)62(112-37(11)86)56(51(121-73)25-101-71-65(115-40(14)89)59(109-34(8)83)48(22-98-71)104-29(3)78)125-75-69(119-44(18)93)63(113-38(12)87)57(52(122-75)26-102-72-66(116-41(15)90)60(110-35(9)84)49(23-99-72)105-30(4)79)124-74-67(117-42(16)91)61(111-36(10)85)55(107-32(6)81)50(120-74)24-100-70-64(114-39(13)88)58(108-33(7)82)47(21-97-70)103-28(2)77/h45-75,94H,19-26H2,1-18H3/t45?,46-,47+,48+,49-,50?,51?,52-,53+,54?,55+,56+,57?,58?,59?,60?,61?,62?,63-,64?,65?,66?,67?,68?,69?,70+,71+,72+,73-,74-,75?/m0/s1. The van der Waals surface area contributed by atoms with Gasteiger partial charge in [0.15, 0.2) is 142 Å². The van der Waals surface area contributed by atoms with Crippen LogP contribution < -0.4 is 0 Å². The SMILES string of the molecule is CC(=O)OC[C@@H]1OCC(O)[C@@H](OC(C)=O)C1O[C@@H]1OC(CO[C@H]2OC[C@@H](OC(C)=O)C(OC(C)=O)C2OC(C)=O)[C@@H](OC2O[C@@H](CO[C@H]3OC[C@H](OC(C)=O)C(OC(C)=O)C3OC(C)=O)C(O[C@@H]3OC(CO[C@H]4OC[C@@H](OC(C)=O)C(OC(C)=O)C4OC(C)=O)[C@@H](OC(C)=O)C(OC(C)=O)C3OC(C)=O)[C@H](OC(C)=O)C2OC(C)=O)C(OC(C)=O)C1OC(C)=O. The van der Waals surface area contributed by atoms with Crippen molar-refractivity contribution in [3.8, 4) is 0 Å². The van der Waals surface area contributed by atoms with Crippen molar-refractivity contribution in [2.24, 2.45) is 0 Å². The van der Waals surface area contributed by atoms with Crippen LogP contribution in [0.25, 0.3) is 0 Å². The lowest BCUT2D eigenvalue weighted by Crippen LogP contribution is -2.69. The highest BCUT2D eigenvalue weighted by Gasteiger charge is 2.63. The highest BCUT2D eigenvalue weighted by Crippen LogP contribution is 2.42. The fraction of sp³-hybridized carbons (Fsp3) is 0.760. The summed E-state index contributed by atoms with van der Waals surface area (Å²) in [4.78, 5) is 237. The first kappa shape index (κ1) is 102. The van der Waals surface area contributed by atoms with Crippen LogP contribution in [-0.2, 0) is 233 Å². The predicted octanol–water partition coefficient (Wildman–Crippen LogP) is -3.40. The molecule has 7 aliphatic rings. The number of aliphatic hydroxyl groups is 1. The van der Waals surface area contributed by atoms with Gasteiger partial charge in [0.25, 0.3) is 0 Å². The topological polar surface area (TPSA) is 614 Å². The zero-order chi connectivity index (χ0) is 92.9. The minimum Gasteiger partial charge on any atom is -0.463 e. The first-order valence-electron chi connectivity index (χ1n) is 38.7. The predicted molar refractivity (Wildman–Crippen MR) is 384 cm³/mol. The number of esters is 18. The third-order valence-electron chi connectivity index (χ3n) is 18.3. The van der Waals surface area contributed by atoms with Gasteiger partial charge in [-0.15, -0.1) is 0 Å². The number of carbonyl (C=O) groups is 18. The van der Waals surface area contributed by atoms with Gasteiger partial charge in [-0.2, -0.15) is 0 Å². The number of ether oxygens (including phenoxy) is 31. The van der Waals surface area contributed by atoms with Crippen molar-refractivity contribution >= 4 is 107 Å². The number of hydrogen-bond acceptors (Lipinski definition) is 50. The van der Waals surface area contributed by atoms with Crippen molar-refractivity contribution in [2.75, 3.05) is 52.9 Å². The summed E-state index contributed by atoms with van der Waals surface area (Å²) >= 11 is 0. The maximum absolute atomic E-state index is 14.2. The van der Waals surface area contributed by atoms with Crippen LogP contribution in [0.3, 0.4) is 0 Å². The van der Waals surface area contributed by atoms with Gasteiger partial charge < -0.3 is 152 Å². The van der Waals surface area contributed by atoms with E-state index < -0.39 is 351 Å². The van der Waals surface area contributed by atoms with Gasteiger partial charge >= 0.3 is 107 Å². The molecule has 7 heterocycles. The van der Waals surface area contributed by atoms with Crippen molar-refractivity contribution < 1.29 is 238 Å². The molecule has 702 valence electrons. The maximum Gasteiger partial charge on any atom is 0.303 e.